The van der Waals surface area contributed by atoms with E-state index in [1.807, 2.05) is 42.5 Å². The third-order valence-electron chi connectivity index (χ3n) is 4.02. The molecule has 0 saturated heterocycles. The molecule has 0 aromatic heterocycles. The number of benzene rings is 2. The molecule has 2 amide bonds. The van der Waals surface area contributed by atoms with Crippen molar-refractivity contribution in [1.29, 1.82) is 0 Å². The van der Waals surface area contributed by atoms with Gasteiger partial charge in [-0.1, -0.05) is 75.4 Å². The summed E-state index contributed by atoms with van der Waals surface area (Å²) in [4.78, 5) is 23.7. The highest BCUT2D eigenvalue weighted by Gasteiger charge is 2.14. The molecule has 2 rings (SSSR count). The molecule has 0 aliphatic rings. The Hall–Kier alpha value is -2.62. The lowest BCUT2D eigenvalue weighted by Crippen LogP contribution is -2.40. The molecule has 2 aromatic carbocycles. The van der Waals surface area contributed by atoms with Gasteiger partial charge in [0.25, 0.3) is 0 Å². The zero-order chi connectivity index (χ0) is 18.3. The lowest BCUT2D eigenvalue weighted by atomic mass is 9.87. The molecule has 2 N–H and O–H groups in total. The summed E-state index contributed by atoms with van der Waals surface area (Å²) in [6.07, 6.45) is 0.703. The van der Waals surface area contributed by atoms with Crippen LogP contribution < -0.4 is 10.6 Å². The molecular formula is C21H26N2O2. The van der Waals surface area contributed by atoms with Crippen molar-refractivity contribution in [2.24, 2.45) is 0 Å². The molecular weight excluding hydrogens is 312 g/mol. The molecule has 0 heterocycles. The molecule has 0 radical (unpaired) electrons. The van der Waals surface area contributed by atoms with Crippen molar-refractivity contribution < 1.29 is 9.59 Å². The number of carbonyl (C=O) groups excluding carboxylic acids is 2. The maximum absolute atomic E-state index is 11.9. The van der Waals surface area contributed by atoms with Crippen molar-refractivity contribution in [3.63, 3.8) is 0 Å². The van der Waals surface area contributed by atoms with E-state index in [9.17, 15) is 9.59 Å². The Morgan fingerprint density at radius 3 is 2.00 bits per heavy atom. The summed E-state index contributed by atoms with van der Waals surface area (Å²) < 4.78 is 0. The van der Waals surface area contributed by atoms with Crippen molar-refractivity contribution in [2.45, 2.75) is 39.2 Å². The van der Waals surface area contributed by atoms with Crippen molar-refractivity contribution in [2.75, 3.05) is 6.54 Å². The molecule has 0 aliphatic heterocycles. The van der Waals surface area contributed by atoms with Gasteiger partial charge in [-0.3, -0.25) is 9.59 Å². The Labute approximate surface area is 149 Å². The smallest absolute Gasteiger partial charge is 0.309 e. The van der Waals surface area contributed by atoms with Gasteiger partial charge in [-0.25, -0.2) is 0 Å². The summed E-state index contributed by atoms with van der Waals surface area (Å²) in [6.45, 7) is 7.25. The lowest BCUT2D eigenvalue weighted by molar-refractivity contribution is -0.139. The molecule has 2 aromatic rings. The monoisotopic (exact) mass is 338 g/mol. The van der Waals surface area contributed by atoms with E-state index >= 15 is 0 Å². The Kier molecular flexibility index (Phi) is 6.34. The normalized spacial score (nSPS) is 11.0. The molecule has 0 aliphatic carbocycles. The summed E-state index contributed by atoms with van der Waals surface area (Å²) >= 11 is 0. The van der Waals surface area contributed by atoms with E-state index in [1.54, 1.807) is 0 Å². The first-order valence-electron chi connectivity index (χ1n) is 8.55. The van der Waals surface area contributed by atoms with Crippen LogP contribution in [0, 0.1) is 0 Å². The predicted molar refractivity (Wildman–Crippen MR) is 100 cm³/mol. The third kappa shape index (κ3) is 6.07. The van der Waals surface area contributed by atoms with Crippen LogP contribution in [0.15, 0.2) is 54.6 Å². The number of hydrogen-bond donors (Lipinski definition) is 2. The van der Waals surface area contributed by atoms with Crippen LogP contribution in [-0.2, 0) is 28.0 Å². The van der Waals surface area contributed by atoms with Crippen LogP contribution in [0.1, 0.15) is 37.5 Å². The highest BCUT2D eigenvalue weighted by molar-refractivity contribution is 6.35. The van der Waals surface area contributed by atoms with Crippen LogP contribution in [0.4, 0.5) is 0 Å². The van der Waals surface area contributed by atoms with E-state index < -0.39 is 11.8 Å². The Morgan fingerprint density at radius 1 is 0.800 bits per heavy atom. The molecule has 0 unspecified atom stereocenters. The fourth-order valence-electron chi connectivity index (χ4n) is 2.43. The molecule has 4 heteroatoms. The number of nitrogens with one attached hydrogen (secondary N) is 2. The molecule has 25 heavy (non-hydrogen) atoms. The zero-order valence-corrected chi connectivity index (χ0v) is 15.1. The first kappa shape index (κ1) is 18.7. The molecule has 132 valence electrons. The van der Waals surface area contributed by atoms with Crippen molar-refractivity contribution in [3.8, 4) is 0 Å². The average Bonchev–Trinajstić information content (AvgIpc) is 2.60. The van der Waals surface area contributed by atoms with E-state index in [-0.39, 0.29) is 5.41 Å². The average molecular weight is 338 g/mol. The van der Waals surface area contributed by atoms with Crippen molar-refractivity contribution in [3.05, 3.63) is 71.3 Å². The van der Waals surface area contributed by atoms with Gasteiger partial charge in [0.15, 0.2) is 0 Å². The van der Waals surface area contributed by atoms with Gasteiger partial charge in [-0.05, 0) is 28.5 Å². The highest BCUT2D eigenvalue weighted by Crippen LogP contribution is 2.22. The summed E-state index contributed by atoms with van der Waals surface area (Å²) in [5, 5.41) is 5.30. The fraction of sp³-hybridized carbons (Fsp3) is 0.333. The van der Waals surface area contributed by atoms with E-state index in [0.717, 1.165) is 11.1 Å². The van der Waals surface area contributed by atoms with Crippen LogP contribution >= 0.6 is 0 Å². The predicted octanol–water partition coefficient (Wildman–Crippen LogP) is 2.96. The van der Waals surface area contributed by atoms with Crippen LogP contribution in [0.25, 0.3) is 0 Å². The highest BCUT2D eigenvalue weighted by atomic mass is 16.2. The van der Waals surface area contributed by atoms with E-state index in [1.165, 1.54) is 5.56 Å². The van der Waals surface area contributed by atoms with Gasteiger partial charge in [0.1, 0.15) is 0 Å². The minimum absolute atomic E-state index is 0.0976. The second-order valence-corrected chi connectivity index (χ2v) is 7.12. The van der Waals surface area contributed by atoms with Crippen molar-refractivity contribution >= 4 is 11.8 Å². The van der Waals surface area contributed by atoms with Crippen LogP contribution in [0.3, 0.4) is 0 Å². The third-order valence-corrected chi connectivity index (χ3v) is 4.02. The number of carbonyl (C=O) groups is 2. The fourth-order valence-corrected chi connectivity index (χ4v) is 2.43. The maximum atomic E-state index is 11.9. The Bertz CT molecular complexity index is 701. The molecule has 4 nitrogen and oxygen atoms in total. The largest absolute Gasteiger partial charge is 0.348 e. The summed E-state index contributed by atoms with van der Waals surface area (Å²) in [7, 11) is 0. The Balaban J connectivity index is 1.74. The quantitative estimate of drug-likeness (QED) is 0.824. The van der Waals surface area contributed by atoms with E-state index in [0.29, 0.717) is 19.5 Å². The van der Waals surface area contributed by atoms with Crippen LogP contribution in [-0.4, -0.2) is 18.4 Å². The van der Waals surface area contributed by atoms with E-state index in [4.69, 9.17) is 0 Å². The number of amides is 2. The van der Waals surface area contributed by atoms with Gasteiger partial charge in [0, 0.05) is 13.1 Å². The van der Waals surface area contributed by atoms with Gasteiger partial charge in [0.2, 0.25) is 0 Å². The molecule has 0 saturated carbocycles. The standard InChI is InChI=1S/C21H26N2O2/c1-21(2,3)18-11-9-17(10-12-18)15-23-20(25)19(24)22-14-13-16-7-5-4-6-8-16/h4-12H,13-15H2,1-3H3,(H,22,24)(H,23,25). The van der Waals surface area contributed by atoms with Gasteiger partial charge in [-0.15, -0.1) is 0 Å². The number of hydrogen-bond acceptors (Lipinski definition) is 2. The van der Waals surface area contributed by atoms with Gasteiger partial charge in [0.05, 0.1) is 0 Å². The first-order chi connectivity index (χ1) is 11.9. The molecule has 0 bridgehead atoms. The van der Waals surface area contributed by atoms with Gasteiger partial charge in [-0.2, -0.15) is 0 Å². The lowest BCUT2D eigenvalue weighted by Gasteiger charge is -2.19. The Morgan fingerprint density at radius 2 is 1.40 bits per heavy atom. The minimum Gasteiger partial charge on any atom is -0.348 e. The van der Waals surface area contributed by atoms with E-state index in [2.05, 4.69) is 43.5 Å². The summed E-state index contributed by atoms with van der Waals surface area (Å²) in [6, 6.07) is 17.9. The van der Waals surface area contributed by atoms with Crippen LogP contribution in [0.5, 0.6) is 0 Å². The summed E-state index contributed by atoms with van der Waals surface area (Å²) in [5.41, 5.74) is 3.43. The molecule has 0 spiro atoms. The van der Waals surface area contributed by atoms with Crippen LogP contribution in [0.2, 0.25) is 0 Å². The second kappa shape index (κ2) is 8.47. The topological polar surface area (TPSA) is 58.2 Å². The zero-order valence-electron chi connectivity index (χ0n) is 15.1. The summed E-state index contributed by atoms with van der Waals surface area (Å²) in [5.74, 6) is -1.20. The molecule has 0 fully saturated rings. The second-order valence-electron chi connectivity index (χ2n) is 7.12. The maximum Gasteiger partial charge on any atom is 0.309 e. The SMILES string of the molecule is CC(C)(C)c1ccc(CNC(=O)C(=O)NCCc2ccccc2)cc1. The number of rotatable bonds is 5. The molecule has 0 atom stereocenters. The van der Waals surface area contributed by atoms with Gasteiger partial charge >= 0.3 is 11.8 Å². The minimum atomic E-state index is -0.604. The van der Waals surface area contributed by atoms with Gasteiger partial charge < -0.3 is 10.6 Å². The van der Waals surface area contributed by atoms with Crippen molar-refractivity contribution in [1.82, 2.24) is 10.6 Å². The first-order valence-corrected chi connectivity index (χ1v) is 8.55.